The zero-order valence-electron chi connectivity index (χ0n) is 13.4. The largest absolute Gasteiger partial charge is 0.478 e. The normalized spacial score (nSPS) is 19.3. The minimum Gasteiger partial charge on any atom is -0.478 e. The molecule has 128 valence electrons. The lowest BCUT2D eigenvalue weighted by atomic mass is 9.84. The highest BCUT2D eigenvalue weighted by Crippen LogP contribution is 2.54. The van der Waals surface area contributed by atoms with Gasteiger partial charge in [0.25, 0.3) is 0 Å². The number of benzene rings is 3. The van der Waals surface area contributed by atoms with Crippen LogP contribution in [0.2, 0.25) is 0 Å². The molecule has 0 saturated carbocycles. The Bertz CT molecular complexity index is 1090. The van der Waals surface area contributed by atoms with Gasteiger partial charge in [0, 0.05) is 11.6 Å². The first-order valence-corrected chi connectivity index (χ1v) is 8.15. The summed E-state index contributed by atoms with van der Waals surface area (Å²) in [6, 6.07) is 14.0. The van der Waals surface area contributed by atoms with Gasteiger partial charge in [-0.1, -0.05) is 18.2 Å². The van der Waals surface area contributed by atoms with Crippen molar-refractivity contribution in [2.24, 2.45) is 0 Å². The number of ether oxygens (including phenoxy) is 1. The predicted octanol–water partition coefficient (Wildman–Crippen LogP) is 4.85. The summed E-state index contributed by atoms with van der Waals surface area (Å²) in [5.74, 6) is -2.23. The predicted molar refractivity (Wildman–Crippen MR) is 90.0 cm³/mol. The Morgan fingerprint density at radius 2 is 1.54 bits per heavy atom. The Labute approximate surface area is 147 Å². The van der Waals surface area contributed by atoms with E-state index in [1.807, 2.05) is 12.1 Å². The lowest BCUT2D eigenvalue weighted by Gasteiger charge is -2.17. The lowest BCUT2D eigenvalue weighted by molar-refractivity contribution is 0.0696. The number of hydrogen-bond acceptors (Lipinski definition) is 2. The third kappa shape index (κ3) is 2.04. The zero-order chi connectivity index (χ0) is 18.0. The number of carboxylic acid groups (broad SMARTS) is 1. The molecule has 1 N–H and O–H groups in total. The van der Waals surface area contributed by atoms with E-state index in [4.69, 9.17) is 4.74 Å². The van der Waals surface area contributed by atoms with Crippen LogP contribution in [0.1, 0.15) is 44.8 Å². The molecule has 0 spiro atoms. The Kier molecular flexibility index (Phi) is 3.06. The molecule has 0 unspecified atom stereocenters. The Hall–Kier alpha value is -3.05. The van der Waals surface area contributed by atoms with Crippen LogP contribution in [0.15, 0.2) is 54.6 Å². The summed E-state index contributed by atoms with van der Waals surface area (Å²) in [6.07, 6.45) is -0.604. The number of halogens is 2. The molecule has 2 heterocycles. The molecule has 0 fully saturated rings. The molecule has 3 nitrogen and oxygen atoms in total. The zero-order valence-corrected chi connectivity index (χ0v) is 13.4. The van der Waals surface area contributed by atoms with Crippen molar-refractivity contribution in [2.45, 2.75) is 12.2 Å². The van der Waals surface area contributed by atoms with E-state index in [0.717, 1.165) is 28.3 Å². The number of carboxylic acids is 1. The highest BCUT2D eigenvalue weighted by molar-refractivity contribution is 5.88. The molecule has 0 saturated heterocycles. The molecule has 3 aromatic rings. The van der Waals surface area contributed by atoms with E-state index in [2.05, 4.69) is 0 Å². The van der Waals surface area contributed by atoms with E-state index in [0.29, 0.717) is 11.1 Å². The van der Waals surface area contributed by atoms with Crippen molar-refractivity contribution in [3.63, 3.8) is 0 Å². The van der Waals surface area contributed by atoms with Gasteiger partial charge in [0.15, 0.2) is 0 Å². The molecule has 2 aliphatic rings. The van der Waals surface area contributed by atoms with E-state index in [-0.39, 0.29) is 17.8 Å². The molecule has 2 aliphatic heterocycles. The van der Waals surface area contributed by atoms with Gasteiger partial charge in [-0.2, -0.15) is 0 Å². The molecular formula is C21H12F2O3. The van der Waals surface area contributed by atoms with Crippen LogP contribution in [0.3, 0.4) is 0 Å². The summed E-state index contributed by atoms with van der Waals surface area (Å²) in [4.78, 5) is 11.2. The second-order valence-corrected chi connectivity index (χ2v) is 6.51. The van der Waals surface area contributed by atoms with Crippen LogP contribution in [0, 0.1) is 11.6 Å². The molecule has 5 heteroatoms. The molecule has 5 rings (SSSR count). The molecule has 26 heavy (non-hydrogen) atoms. The third-order valence-corrected chi connectivity index (χ3v) is 5.06. The number of carbonyl (C=O) groups is 1. The number of hydrogen-bond donors (Lipinski definition) is 1. The van der Waals surface area contributed by atoms with E-state index >= 15 is 0 Å². The van der Waals surface area contributed by atoms with Crippen molar-refractivity contribution in [1.29, 1.82) is 0 Å². The highest BCUT2D eigenvalue weighted by atomic mass is 19.1. The number of rotatable bonds is 2. The highest BCUT2D eigenvalue weighted by Gasteiger charge is 2.43. The molecule has 0 aliphatic carbocycles. The third-order valence-electron chi connectivity index (χ3n) is 5.06. The maximum atomic E-state index is 14.1. The molecule has 0 radical (unpaired) electrons. The van der Waals surface area contributed by atoms with Crippen LogP contribution in [-0.4, -0.2) is 11.1 Å². The second kappa shape index (κ2) is 5.22. The van der Waals surface area contributed by atoms with Gasteiger partial charge in [0.05, 0.1) is 5.56 Å². The first kappa shape index (κ1) is 15.2. The fraction of sp³-hybridized carbons (Fsp3) is 0.0952. The lowest BCUT2D eigenvalue weighted by Crippen LogP contribution is -2.06. The topological polar surface area (TPSA) is 46.5 Å². The smallest absolute Gasteiger partial charge is 0.335 e. The molecule has 2 atom stereocenters. The molecule has 2 bridgehead atoms. The summed E-state index contributed by atoms with van der Waals surface area (Å²) in [7, 11) is 0. The second-order valence-electron chi connectivity index (χ2n) is 6.51. The standard InChI is InChI=1S/C21H12F2O3/c22-12-3-6-13(18(23)9-12)10-1-4-14-16(7-10)20-17-8-11(21(24)25)2-5-15(17)19(14)26-20/h1-9,19-20H,(H,24,25)/t19-,20+/m0/s1. The SMILES string of the molecule is O=C(O)c1ccc2c(c1)[C@@H]1O[C@H]2c2ccc(-c3ccc(F)cc3F)cc21. The first-order chi connectivity index (χ1) is 12.5. The monoisotopic (exact) mass is 350 g/mol. The van der Waals surface area contributed by atoms with Crippen molar-refractivity contribution in [2.75, 3.05) is 0 Å². The maximum Gasteiger partial charge on any atom is 0.335 e. The average Bonchev–Trinajstić information content (AvgIpc) is 3.18. The summed E-state index contributed by atoms with van der Waals surface area (Å²) in [5.41, 5.74) is 4.85. The molecule has 0 amide bonds. The van der Waals surface area contributed by atoms with Crippen LogP contribution in [0.5, 0.6) is 0 Å². The van der Waals surface area contributed by atoms with Gasteiger partial charge in [-0.05, 0) is 58.1 Å². The Morgan fingerprint density at radius 3 is 2.27 bits per heavy atom. The van der Waals surface area contributed by atoms with E-state index in [1.165, 1.54) is 12.1 Å². The number of fused-ring (bicyclic) bond motifs is 8. The number of aromatic carboxylic acids is 1. The van der Waals surface area contributed by atoms with Crippen LogP contribution < -0.4 is 0 Å². The molecule has 0 aromatic heterocycles. The summed E-state index contributed by atoms with van der Waals surface area (Å²) in [5, 5.41) is 9.21. The van der Waals surface area contributed by atoms with Crippen molar-refractivity contribution < 1.29 is 23.4 Å². The van der Waals surface area contributed by atoms with E-state index in [1.54, 1.807) is 24.3 Å². The summed E-state index contributed by atoms with van der Waals surface area (Å²) in [6.45, 7) is 0. The van der Waals surface area contributed by atoms with E-state index < -0.39 is 17.6 Å². The van der Waals surface area contributed by atoms with Crippen molar-refractivity contribution in [3.05, 3.63) is 94.0 Å². The van der Waals surface area contributed by atoms with Crippen molar-refractivity contribution in [3.8, 4) is 11.1 Å². The van der Waals surface area contributed by atoms with Crippen LogP contribution in [-0.2, 0) is 4.74 Å². The average molecular weight is 350 g/mol. The minimum atomic E-state index is -0.988. The van der Waals surface area contributed by atoms with Gasteiger partial charge in [0.1, 0.15) is 23.8 Å². The van der Waals surface area contributed by atoms with Gasteiger partial charge >= 0.3 is 5.97 Å². The fourth-order valence-corrected chi connectivity index (χ4v) is 3.87. The van der Waals surface area contributed by atoms with Gasteiger partial charge in [0.2, 0.25) is 0 Å². The quantitative estimate of drug-likeness (QED) is 0.718. The van der Waals surface area contributed by atoms with Crippen LogP contribution in [0.4, 0.5) is 8.78 Å². The van der Waals surface area contributed by atoms with Crippen LogP contribution >= 0.6 is 0 Å². The van der Waals surface area contributed by atoms with Gasteiger partial charge in [-0.15, -0.1) is 0 Å². The Balaban J connectivity index is 1.62. The van der Waals surface area contributed by atoms with Gasteiger partial charge < -0.3 is 9.84 Å². The molecule has 3 aromatic carbocycles. The fourth-order valence-electron chi connectivity index (χ4n) is 3.87. The van der Waals surface area contributed by atoms with Crippen molar-refractivity contribution in [1.82, 2.24) is 0 Å². The van der Waals surface area contributed by atoms with Gasteiger partial charge in [-0.3, -0.25) is 0 Å². The van der Waals surface area contributed by atoms with Crippen LogP contribution in [0.25, 0.3) is 11.1 Å². The van der Waals surface area contributed by atoms with E-state index in [9.17, 15) is 18.7 Å². The summed E-state index contributed by atoms with van der Waals surface area (Å²) >= 11 is 0. The molecular weight excluding hydrogens is 338 g/mol. The minimum absolute atomic E-state index is 0.210. The van der Waals surface area contributed by atoms with Crippen molar-refractivity contribution >= 4 is 5.97 Å². The Morgan fingerprint density at radius 1 is 0.846 bits per heavy atom. The summed E-state index contributed by atoms with van der Waals surface area (Å²) < 4.78 is 33.3. The first-order valence-electron chi connectivity index (χ1n) is 8.15. The van der Waals surface area contributed by atoms with Gasteiger partial charge in [-0.25, -0.2) is 13.6 Å². The maximum absolute atomic E-state index is 14.1.